The molecule has 0 amide bonds. The Kier molecular flexibility index (Phi) is 6.87. The van der Waals surface area contributed by atoms with Crippen LogP contribution in [0.25, 0.3) is 0 Å². The summed E-state index contributed by atoms with van der Waals surface area (Å²) >= 11 is 0.957. The van der Waals surface area contributed by atoms with Gasteiger partial charge in [-0.3, -0.25) is 4.79 Å². The molecule has 0 N–H and O–H groups in total. The monoisotopic (exact) mass is 418 g/mol. The Labute approximate surface area is 171 Å². The lowest BCUT2D eigenvalue weighted by atomic mass is 10.1. The number of benzene rings is 2. The van der Waals surface area contributed by atoms with Crippen molar-refractivity contribution in [3.63, 3.8) is 0 Å². The highest BCUT2D eigenvalue weighted by Crippen LogP contribution is 2.39. The zero-order valence-corrected chi connectivity index (χ0v) is 16.3. The zero-order valence-electron chi connectivity index (χ0n) is 15.5. The molecule has 0 bridgehead atoms. The predicted molar refractivity (Wildman–Crippen MR) is 104 cm³/mol. The van der Waals surface area contributed by atoms with Crippen LogP contribution in [-0.2, 0) is 19.0 Å². The number of carbonyl (C=O) groups excluding carboxylic acids is 3. The van der Waals surface area contributed by atoms with Crippen molar-refractivity contribution in [1.29, 1.82) is 0 Å². The van der Waals surface area contributed by atoms with E-state index in [1.54, 1.807) is 48.5 Å². The standard InChI is InChI=1S/C21H19FO6S/c1-13(23)27-21-18(28-20(25)15-10-6-3-7-11-15)17(22)16(29-21)12-26-19(24)14-8-4-2-5-9-14/h2-11,16-18,21H,12H2,1H3/t16-,17?,18?,21-/m1/s1. The highest BCUT2D eigenvalue weighted by Gasteiger charge is 2.49. The fourth-order valence-corrected chi connectivity index (χ4v) is 4.13. The zero-order chi connectivity index (χ0) is 20.8. The van der Waals surface area contributed by atoms with E-state index in [4.69, 9.17) is 14.2 Å². The van der Waals surface area contributed by atoms with Gasteiger partial charge in [0.15, 0.2) is 17.7 Å². The Balaban J connectivity index is 1.66. The fraction of sp³-hybridized carbons (Fsp3) is 0.286. The highest BCUT2D eigenvalue weighted by atomic mass is 32.2. The van der Waals surface area contributed by atoms with Gasteiger partial charge in [-0.15, -0.1) is 11.8 Å². The molecular formula is C21H19FO6S. The largest absolute Gasteiger partial charge is 0.461 e. The van der Waals surface area contributed by atoms with Crippen molar-refractivity contribution in [2.24, 2.45) is 0 Å². The van der Waals surface area contributed by atoms with Gasteiger partial charge in [-0.1, -0.05) is 36.4 Å². The number of hydrogen-bond donors (Lipinski definition) is 0. The molecule has 0 aromatic heterocycles. The van der Waals surface area contributed by atoms with Crippen molar-refractivity contribution < 1.29 is 33.0 Å². The summed E-state index contributed by atoms with van der Waals surface area (Å²) < 4.78 is 30.6. The second-order valence-electron chi connectivity index (χ2n) is 6.30. The van der Waals surface area contributed by atoms with E-state index < -0.39 is 40.9 Å². The maximum Gasteiger partial charge on any atom is 0.338 e. The SMILES string of the molecule is CC(=O)O[C@@H]1S[C@H](COC(=O)c2ccccc2)C(F)C1OC(=O)c1ccccc1. The van der Waals surface area contributed by atoms with Crippen LogP contribution >= 0.6 is 11.8 Å². The molecule has 1 heterocycles. The molecule has 2 aromatic carbocycles. The molecule has 3 rings (SSSR count). The van der Waals surface area contributed by atoms with Crippen molar-refractivity contribution in [3.05, 3.63) is 71.8 Å². The molecule has 8 heteroatoms. The van der Waals surface area contributed by atoms with Crippen LogP contribution in [0, 0.1) is 0 Å². The van der Waals surface area contributed by atoms with Crippen molar-refractivity contribution in [2.75, 3.05) is 6.61 Å². The minimum atomic E-state index is -1.68. The first kappa shape index (κ1) is 20.9. The van der Waals surface area contributed by atoms with Crippen LogP contribution in [0.3, 0.4) is 0 Å². The van der Waals surface area contributed by atoms with Crippen LogP contribution in [-0.4, -0.2) is 47.5 Å². The molecule has 1 aliphatic heterocycles. The topological polar surface area (TPSA) is 78.9 Å². The van der Waals surface area contributed by atoms with Gasteiger partial charge in [-0.05, 0) is 24.3 Å². The van der Waals surface area contributed by atoms with Crippen LogP contribution in [0.2, 0.25) is 0 Å². The van der Waals surface area contributed by atoms with E-state index in [-0.39, 0.29) is 12.2 Å². The number of thioether (sulfide) groups is 1. The molecule has 6 nitrogen and oxygen atoms in total. The minimum absolute atomic E-state index is 0.253. The smallest absolute Gasteiger partial charge is 0.338 e. The lowest BCUT2D eigenvalue weighted by Gasteiger charge is -2.20. The van der Waals surface area contributed by atoms with Gasteiger partial charge in [0.05, 0.1) is 16.4 Å². The Hall–Kier alpha value is -2.87. The molecule has 0 aliphatic carbocycles. The van der Waals surface area contributed by atoms with Crippen molar-refractivity contribution in [2.45, 2.75) is 29.9 Å². The van der Waals surface area contributed by atoms with Gasteiger partial charge < -0.3 is 14.2 Å². The molecular weight excluding hydrogens is 399 g/mol. The number of alkyl halides is 1. The fourth-order valence-electron chi connectivity index (χ4n) is 2.78. The van der Waals surface area contributed by atoms with Crippen LogP contribution in [0.1, 0.15) is 27.6 Å². The lowest BCUT2D eigenvalue weighted by Crippen LogP contribution is -2.37. The molecule has 2 aromatic rings. The summed E-state index contributed by atoms with van der Waals surface area (Å²) in [5, 5.41) is -0.847. The molecule has 0 spiro atoms. The predicted octanol–water partition coefficient (Wildman–Crippen LogP) is 3.41. The van der Waals surface area contributed by atoms with Gasteiger partial charge in [0.2, 0.25) is 0 Å². The summed E-state index contributed by atoms with van der Waals surface area (Å²) in [5.41, 5.74) is -0.435. The number of ether oxygens (including phenoxy) is 3. The molecule has 0 radical (unpaired) electrons. The van der Waals surface area contributed by atoms with E-state index in [0.717, 1.165) is 11.8 Å². The van der Waals surface area contributed by atoms with Crippen LogP contribution in [0.4, 0.5) is 4.39 Å². The molecule has 1 aliphatic rings. The van der Waals surface area contributed by atoms with Gasteiger partial charge in [0.1, 0.15) is 6.61 Å². The summed E-state index contributed by atoms with van der Waals surface area (Å²) in [6.45, 7) is 0.934. The second-order valence-corrected chi connectivity index (χ2v) is 7.64. The molecule has 29 heavy (non-hydrogen) atoms. The third-order valence-corrected chi connectivity index (χ3v) is 5.55. The maximum atomic E-state index is 15.0. The first-order chi connectivity index (χ1) is 14.0. The first-order valence-electron chi connectivity index (χ1n) is 8.90. The van der Waals surface area contributed by atoms with Crippen molar-refractivity contribution in [1.82, 2.24) is 0 Å². The van der Waals surface area contributed by atoms with E-state index in [1.165, 1.54) is 19.1 Å². The third kappa shape index (κ3) is 5.35. The minimum Gasteiger partial charge on any atom is -0.461 e. The van der Waals surface area contributed by atoms with Gasteiger partial charge in [-0.2, -0.15) is 0 Å². The molecule has 1 saturated heterocycles. The van der Waals surface area contributed by atoms with E-state index in [9.17, 15) is 14.4 Å². The van der Waals surface area contributed by atoms with E-state index in [0.29, 0.717) is 5.56 Å². The maximum absolute atomic E-state index is 15.0. The van der Waals surface area contributed by atoms with E-state index >= 15 is 4.39 Å². The number of hydrogen-bond acceptors (Lipinski definition) is 7. The molecule has 2 unspecified atom stereocenters. The molecule has 1 fully saturated rings. The van der Waals surface area contributed by atoms with Crippen molar-refractivity contribution in [3.8, 4) is 0 Å². The molecule has 152 valence electrons. The third-order valence-electron chi connectivity index (χ3n) is 4.17. The van der Waals surface area contributed by atoms with E-state index in [1.807, 2.05) is 0 Å². The van der Waals surface area contributed by atoms with Gasteiger partial charge >= 0.3 is 17.9 Å². The van der Waals surface area contributed by atoms with Gasteiger partial charge in [0.25, 0.3) is 0 Å². The normalized spacial score (nSPS) is 23.2. The van der Waals surface area contributed by atoms with Crippen LogP contribution < -0.4 is 0 Å². The number of carbonyl (C=O) groups is 3. The average Bonchev–Trinajstić information content (AvgIpc) is 3.01. The summed E-state index contributed by atoms with van der Waals surface area (Å²) in [4.78, 5) is 35.8. The summed E-state index contributed by atoms with van der Waals surface area (Å²) in [7, 11) is 0. The summed E-state index contributed by atoms with van der Waals surface area (Å²) in [5.74, 6) is -1.94. The molecule has 4 atom stereocenters. The highest BCUT2D eigenvalue weighted by molar-refractivity contribution is 8.00. The molecule has 0 saturated carbocycles. The Morgan fingerprint density at radius 1 is 0.897 bits per heavy atom. The first-order valence-corrected chi connectivity index (χ1v) is 9.85. The average molecular weight is 418 g/mol. The van der Waals surface area contributed by atoms with Crippen molar-refractivity contribution >= 4 is 29.7 Å². The Morgan fingerprint density at radius 3 is 2.00 bits per heavy atom. The van der Waals surface area contributed by atoms with E-state index in [2.05, 4.69) is 0 Å². The van der Waals surface area contributed by atoms with Gasteiger partial charge in [0, 0.05) is 6.92 Å². The van der Waals surface area contributed by atoms with Crippen LogP contribution in [0.5, 0.6) is 0 Å². The second kappa shape index (κ2) is 9.56. The van der Waals surface area contributed by atoms with Crippen LogP contribution in [0.15, 0.2) is 60.7 Å². The summed E-state index contributed by atoms with van der Waals surface area (Å²) in [6, 6.07) is 16.4. The number of halogens is 1. The Bertz CT molecular complexity index is 860. The summed E-state index contributed by atoms with van der Waals surface area (Å²) in [6.07, 6.45) is -2.99. The lowest BCUT2D eigenvalue weighted by molar-refractivity contribution is -0.147. The quantitative estimate of drug-likeness (QED) is 0.525. The number of rotatable bonds is 6. The Morgan fingerprint density at radius 2 is 1.45 bits per heavy atom. The number of esters is 3. The van der Waals surface area contributed by atoms with Gasteiger partial charge in [-0.25, -0.2) is 14.0 Å².